The molecule has 1 atom stereocenters. The zero-order valence-corrected chi connectivity index (χ0v) is 13.5. The number of nitrogens with two attached hydrogens (primary N) is 1. The molecule has 22 heavy (non-hydrogen) atoms. The minimum Gasteiger partial charge on any atom is -0.355 e. The second-order valence-corrected chi connectivity index (χ2v) is 5.92. The molecule has 0 radical (unpaired) electrons. The molecule has 1 aromatic rings. The number of halogens is 1. The molecule has 1 unspecified atom stereocenters. The van der Waals surface area contributed by atoms with Gasteiger partial charge < -0.3 is 11.1 Å². The average Bonchev–Trinajstić information content (AvgIpc) is 3.25. The number of aromatic nitrogens is 4. The maximum Gasteiger partial charge on any atom is 0.224 e. The van der Waals surface area contributed by atoms with Crippen molar-refractivity contribution in [2.45, 2.75) is 38.3 Å². The summed E-state index contributed by atoms with van der Waals surface area (Å²) in [7, 11) is 0. The normalized spacial score (nSPS) is 22.1. The largest absolute Gasteiger partial charge is 0.355 e. The maximum absolute atomic E-state index is 12.1. The van der Waals surface area contributed by atoms with Gasteiger partial charge in [0, 0.05) is 19.6 Å². The van der Waals surface area contributed by atoms with Crippen molar-refractivity contribution in [3.63, 3.8) is 0 Å². The molecule has 0 spiro atoms. The van der Waals surface area contributed by atoms with Crippen LogP contribution in [0.2, 0.25) is 0 Å². The predicted molar refractivity (Wildman–Crippen MR) is 83.4 cm³/mol. The summed E-state index contributed by atoms with van der Waals surface area (Å²) in [5, 5.41) is 14.9. The Labute approximate surface area is 136 Å². The Morgan fingerprint density at radius 2 is 2.18 bits per heavy atom. The molecule has 9 heteroatoms. The molecular formula is C13H24ClN7O. The lowest BCUT2D eigenvalue weighted by molar-refractivity contribution is -0.126. The molecule has 2 heterocycles. The van der Waals surface area contributed by atoms with Gasteiger partial charge in [-0.1, -0.05) is 0 Å². The van der Waals surface area contributed by atoms with Crippen LogP contribution in [0.15, 0.2) is 0 Å². The van der Waals surface area contributed by atoms with Crippen LogP contribution in [0.4, 0.5) is 0 Å². The molecule has 1 aliphatic heterocycles. The molecule has 2 fully saturated rings. The minimum atomic E-state index is 0. The second kappa shape index (κ2) is 7.85. The number of carbonyl (C=O) groups excluding carboxylic acids is 1. The lowest BCUT2D eigenvalue weighted by atomic mass is 9.97. The van der Waals surface area contributed by atoms with Crippen molar-refractivity contribution in [1.29, 1.82) is 0 Å². The van der Waals surface area contributed by atoms with E-state index in [2.05, 4.69) is 25.7 Å². The number of hydrogen-bond donors (Lipinski definition) is 2. The van der Waals surface area contributed by atoms with E-state index in [-0.39, 0.29) is 24.2 Å². The van der Waals surface area contributed by atoms with Crippen LogP contribution in [0, 0.1) is 5.92 Å². The highest BCUT2D eigenvalue weighted by Gasteiger charge is 2.30. The number of nitrogens with one attached hydrogen (secondary N) is 1. The number of hydrogen-bond acceptors (Lipinski definition) is 6. The standard InChI is InChI=1S/C13H23N7O.ClH/c14-5-6-15-13(21)10-2-1-7-19(8-10)9-12-16-17-18-20(12)11-3-4-11;/h10-11H,1-9,14H2,(H,15,21);1H. The first-order chi connectivity index (χ1) is 10.3. The molecular weight excluding hydrogens is 306 g/mol. The van der Waals surface area contributed by atoms with Gasteiger partial charge in [-0.2, -0.15) is 0 Å². The summed E-state index contributed by atoms with van der Waals surface area (Å²) < 4.78 is 1.94. The molecule has 3 rings (SSSR count). The van der Waals surface area contributed by atoms with Crippen molar-refractivity contribution in [2.24, 2.45) is 11.7 Å². The highest BCUT2D eigenvalue weighted by Crippen LogP contribution is 2.34. The summed E-state index contributed by atoms with van der Waals surface area (Å²) in [6, 6.07) is 0.489. The Morgan fingerprint density at radius 1 is 1.36 bits per heavy atom. The fourth-order valence-electron chi connectivity index (χ4n) is 2.87. The molecule has 1 aliphatic carbocycles. The maximum atomic E-state index is 12.1. The number of tetrazole rings is 1. The van der Waals surface area contributed by atoms with Gasteiger partial charge in [0.05, 0.1) is 18.5 Å². The van der Waals surface area contributed by atoms with Gasteiger partial charge in [-0.25, -0.2) is 4.68 Å². The van der Waals surface area contributed by atoms with Crippen LogP contribution in [0.3, 0.4) is 0 Å². The van der Waals surface area contributed by atoms with Crippen molar-refractivity contribution >= 4 is 18.3 Å². The zero-order valence-electron chi connectivity index (χ0n) is 12.6. The van der Waals surface area contributed by atoms with E-state index in [9.17, 15) is 4.79 Å². The first kappa shape index (κ1) is 17.1. The van der Waals surface area contributed by atoms with Gasteiger partial charge in [-0.3, -0.25) is 9.69 Å². The third kappa shape index (κ3) is 4.15. The molecule has 8 nitrogen and oxygen atoms in total. The quantitative estimate of drug-likeness (QED) is 0.744. The molecule has 1 amide bonds. The number of nitrogens with zero attached hydrogens (tertiary/aromatic N) is 5. The summed E-state index contributed by atoms with van der Waals surface area (Å²) in [6.45, 7) is 3.53. The van der Waals surface area contributed by atoms with E-state index in [1.807, 2.05) is 4.68 Å². The summed E-state index contributed by atoms with van der Waals surface area (Å²) in [5.74, 6) is 1.09. The van der Waals surface area contributed by atoms with Gasteiger partial charge in [0.15, 0.2) is 5.82 Å². The summed E-state index contributed by atoms with van der Waals surface area (Å²) >= 11 is 0. The molecule has 1 aromatic heterocycles. The van der Waals surface area contributed by atoms with E-state index >= 15 is 0 Å². The number of piperidine rings is 1. The highest BCUT2D eigenvalue weighted by atomic mass is 35.5. The third-order valence-electron chi connectivity index (χ3n) is 4.14. The van der Waals surface area contributed by atoms with Crippen LogP contribution in [-0.4, -0.2) is 57.2 Å². The molecule has 3 N–H and O–H groups in total. The van der Waals surface area contributed by atoms with Crippen molar-refractivity contribution in [3.8, 4) is 0 Å². The third-order valence-corrected chi connectivity index (χ3v) is 4.14. The fraction of sp³-hybridized carbons (Fsp3) is 0.846. The Balaban J connectivity index is 0.00000176. The summed E-state index contributed by atoms with van der Waals surface area (Å²) in [5.41, 5.74) is 5.42. The second-order valence-electron chi connectivity index (χ2n) is 5.92. The topological polar surface area (TPSA) is 102 Å². The number of carbonyl (C=O) groups is 1. The first-order valence-electron chi connectivity index (χ1n) is 7.75. The van der Waals surface area contributed by atoms with Crippen molar-refractivity contribution in [3.05, 3.63) is 5.82 Å². The van der Waals surface area contributed by atoms with Crippen LogP contribution < -0.4 is 11.1 Å². The Hall–Kier alpha value is -1.25. The van der Waals surface area contributed by atoms with Crippen molar-refractivity contribution < 1.29 is 4.79 Å². The fourth-order valence-corrected chi connectivity index (χ4v) is 2.87. The molecule has 1 saturated heterocycles. The number of likely N-dealkylation sites (tertiary alicyclic amines) is 1. The van der Waals surface area contributed by atoms with E-state index in [0.717, 1.165) is 38.3 Å². The zero-order chi connectivity index (χ0) is 14.7. The minimum absolute atomic E-state index is 0. The smallest absolute Gasteiger partial charge is 0.224 e. The number of rotatable bonds is 6. The van der Waals surface area contributed by atoms with Crippen molar-refractivity contribution in [1.82, 2.24) is 30.4 Å². The number of amides is 1. The molecule has 124 valence electrons. The summed E-state index contributed by atoms with van der Waals surface area (Å²) in [6.07, 6.45) is 4.32. The van der Waals surface area contributed by atoms with Crippen LogP contribution in [0.5, 0.6) is 0 Å². The Morgan fingerprint density at radius 3 is 2.91 bits per heavy atom. The van der Waals surface area contributed by atoms with Gasteiger partial charge in [-0.15, -0.1) is 17.5 Å². The van der Waals surface area contributed by atoms with E-state index in [0.29, 0.717) is 19.1 Å². The molecule has 0 aromatic carbocycles. The molecule has 2 aliphatic rings. The van der Waals surface area contributed by atoms with Gasteiger partial charge >= 0.3 is 0 Å². The first-order valence-corrected chi connectivity index (χ1v) is 7.75. The van der Waals surface area contributed by atoms with Crippen LogP contribution in [0.25, 0.3) is 0 Å². The van der Waals surface area contributed by atoms with Gasteiger partial charge in [0.2, 0.25) is 5.91 Å². The van der Waals surface area contributed by atoms with Crippen molar-refractivity contribution in [2.75, 3.05) is 26.2 Å². The van der Waals surface area contributed by atoms with Gasteiger partial charge in [-0.05, 0) is 42.7 Å². The highest BCUT2D eigenvalue weighted by molar-refractivity contribution is 5.85. The Bertz CT molecular complexity index is 490. The lowest BCUT2D eigenvalue weighted by Crippen LogP contribution is -2.44. The van der Waals surface area contributed by atoms with E-state index in [4.69, 9.17) is 5.73 Å². The predicted octanol–water partition coefficient (Wildman–Crippen LogP) is -0.283. The Kier molecular flexibility index (Phi) is 6.10. The van der Waals surface area contributed by atoms with E-state index in [1.54, 1.807) is 0 Å². The molecule has 0 bridgehead atoms. The average molecular weight is 330 g/mol. The summed E-state index contributed by atoms with van der Waals surface area (Å²) in [4.78, 5) is 14.3. The van der Waals surface area contributed by atoms with Gasteiger partial charge in [0.1, 0.15) is 0 Å². The van der Waals surface area contributed by atoms with E-state index in [1.165, 1.54) is 12.8 Å². The van der Waals surface area contributed by atoms with Gasteiger partial charge in [0.25, 0.3) is 0 Å². The lowest BCUT2D eigenvalue weighted by Gasteiger charge is -2.31. The SMILES string of the molecule is Cl.NCCNC(=O)C1CCCN(Cc2nnnn2C2CC2)C1. The van der Waals surface area contributed by atoms with Crippen LogP contribution >= 0.6 is 12.4 Å². The van der Waals surface area contributed by atoms with Crippen LogP contribution in [-0.2, 0) is 11.3 Å². The van der Waals surface area contributed by atoms with E-state index < -0.39 is 0 Å². The van der Waals surface area contributed by atoms with Crippen LogP contribution in [0.1, 0.15) is 37.5 Å². The molecule has 1 saturated carbocycles. The monoisotopic (exact) mass is 329 g/mol.